The van der Waals surface area contributed by atoms with Crippen LogP contribution in [0.3, 0.4) is 0 Å². The van der Waals surface area contributed by atoms with Crippen molar-refractivity contribution in [3.8, 4) is 5.75 Å². The number of aliphatic imine (C=N–C) groups is 2. The first-order chi connectivity index (χ1) is 15.9. The molecule has 2 rings (SSSR count). The van der Waals surface area contributed by atoms with Gasteiger partial charge in [-0.3, -0.25) is 4.99 Å². The van der Waals surface area contributed by atoms with Crippen LogP contribution < -0.4 is 15.8 Å². The van der Waals surface area contributed by atoms with E-state index >= 15 is 0 Å². The number of carbonyl (C=O) groups is 2. The second kappa shape index (κ2) is 13.5. The summed E-state index contributed by atoms with van der Waals surface area (Å²) in [4.78, 5) is 32.1. The number of hydrogen-bond donors (Lipinski definition) is 2. The lowest BCUT2D eigenvalue weighted by atomic mass is 10.1. The summed E-state index contributed by atoms with van der Waals surface area (Å²) in [7, 11) is 0. The lowest BCUT2D eigenvalue weighted by Gasteiger charge is -2.19. The second-order valence-electron chi connectivity index (χ2n) is 7.37. The summed E-state index contributed by atoms with van der Waals surface area (Å²) in [6.07, 6.45) is -0.119. The number of hydrogen-bond acceptors (Lipinski definition) is 6. The molecule has 2 atom stereocenters. The predicted molar refractivity (Wildman–Crippen MR) is 128 cm³/mol. The van der Waals surface area contributed by atoms with Gasteiger partial charge in [-0.2, -0.15) is 0 Å². The summed E-state index contributed by atoms with van der Waals surface area (Å²) in [5.41, 5.74) is 7.05. The van der Waals surface area contributed by atoms with E-state index in [0.29, 0.717) is 12.4 Å². The standard InChI is InChI=1S/C24H30N4O5.H2/c1-17(2)32-23(29)22(13-26-16-27-15-25)33-24(30)28-18(3)20-9-11-21(12-10-20)31-14-19-7-5-4-6-8-19;/h4-12,15-18,22H,13-14H2,1-3H3,(H,28,30)(H2,25,26,27);1H/t18-,22+;/m0./s1. The Bertz CT molecular complexity index is 936. The number of benzene rings is 2. The molecule has 0 aliphatic rings. The highest BCUT2D eigenvalue weighted by Gasteiger charge is 2.26. The number of esters is 1. The molecule has 9 heteroatoms. The summed E-state index contributed by atoms with van der Waals surface area (Å²) in [5, 5.41) is 2.70. The second-order valence-corrected chi connectivity index (χ2v) is 7.37. The highest BCUT2D eigenvalue weighted by atomic mass is 16.6. The van der Waals surface area contributed by atoms with Crippen molar-refractivity contribution < 1.29 is 25.2 Å². The maximum absolute atomic E-state index is 12.4. The Morgan fingerprint density at radius 1 is 1.06 bits per heavy atom. The fraction of sp³-hybridized carbons (Fsp3) is 0.333. The molecule has 0 saturated heterocycles. The van der Waals surface area contributed by atoms with E-state index in [1.54, 1.807) is 20.8 Å². The van der Waals surface area contributed by atoms with E-state index in [4.69, 9.17) is 19.9 Å². The average molecular weight is 457 g/mol. The van der Waals surface area contributed by atoms with Gasteiger partial charge >= 0.3 is 12.1 Å². The Balaban J connectivity index is 0.00000578. The molecule has 0 aliphatic carbocycles. The Kier molecular flexibility index (Phi) is 10.4. The summed E-state index contributed by atoms with van der Waals surface area (Å²) >= 11 is 0. The lowest BCUT2D eigenvalue weighted by Crippen LogP contribution is -2.38. The van der Waals surface area contributed by atoms with Gasteiger partial charge in [-0.1, -0.05) is 42.5 Å². The minimum atomic E-state index is -1.21. The molecule has 178 valence electrons. The van der Waals surface area contributed by atoms with Crippen molar-refractivity contribution in [1.82, 2.24) is 5.32 Å². The molecule has 0 aliphatic heterocycles. The number of ether oxygens (including phenoxy) is 3. The van der Waals surface area contributed by atoms with Gasteiger partial charge in [0.25, 0.3) is 0 Å². The maximum Gasteiger partial charge on any atom is 0.408 e. The van der Waals surface area contributed by atoms with Crippen LogP contribution in [0.5, 0.6) is 5.75 Å². The van der Waals surface area contributed by atoms with Crippen molar-refractivity contribution in [2.24, 2.45) is 15.7 Å². The van der Waals surface area contributed by atoms with E-state index in [-0.39, 0.29) is 20.1 Å². The largest absolute Gasteiger partial charge is 0.489 e. The quantitative estimate of drug-likeness (QED) is 0.302. The molecule has 1 amide bonds. The highest BCUT2D eigenvalue weighted by Crippen LogP contribution is 2.19. The zero-order valence-corrected chi connectivity index (χ0v) is 19.0. The number of alkyl carbamates (subject to hydrolysis) is 1. The van der Waals surface area contributed by atoms with Gasteiger partial charge in [0.2, 0.25) is 6.10 Å². The van der Waals surface area contributed by atoms with Gasteiger partial charge in [-0.25, -0.2) is 14.6 Å². The van der Waals surface area contributed by atoms with Crippen LogP contribution in [0.4, 0.5) is 4.79 Å². The van der Waals surface area contributed by atoms with Crippen LogP contribution in [0.1, 0.15) is 39.4 Å². The molecule has 0 aromatic heterocycles. The molecule has 0 fully saturated rings. The molecule has 0 spiro atoms. The molecule has 2 aromatic carbocycles. The van der Waals surface area contributed by atoms with Crippen LogP contribution in [0, 0.1) is 0 Å². The molecule has 2 aromatic rings. The fourth-order valence-electron chi connectivity index (χ4n) is 2.71. The molecular weight excluding hydrogens is 424 g/mol. The molecule has 0 heterocycles. The van der Waals surface area contributed by atoms with E-state index in [1.165, 1.54) is 6.34 Å². The van der Waals surface area contributed by atoms with Crippen molar-refractivity contribution in [2.75, 3.05) is 6.54 Å². The van der Waals surface area contributed by atoms with Crippen LogP contribution in [0.2, 0.25) is 0 Å². The van der Waals surface area contributed by atoms with Crippen LogP contribution in [-0.2, 0) is 20.9 Å². The molecule has 0 bridgehead atoms. The zero-order valence-electron chi connectivity index (χ0n) is 19.0. The lowest BCUT2D eigenvalue weighted by molar-refractivity contribution is -0.156. The highest BCUT2D eigenvalue weighted by molar-refractivity contribution is 5.79. The number of nitrogens with one attached hydrogen (secondary N) is 1. The molecule has 3 N–H and O–H groups in total. The summed E-state index contributed by atoms with van der Waals surface area (Å²) in [5.74, 6) is 0.0217. The maximum atomic E-state index is 12.4. The SMILES string of the molecule is CC(C)OC(=O)[C@@H](CN=CN=CN)OC(=O)N[C@@H](C)c1ccc(OCc2ccccc2)cc1.[HH]. The van der Waals surface area contributed by atoms with E-state index in [2.05, 4.69) is 15.3 Å². The number of amides is 1. The molecular formula is C24H32N4O5. The van der Waals surface area contributed by atoms with E-state index < -0.39 is 18.2 Å². The molecule has 0 unspecified atom stereocenters. The minimum absolute atomic E-state index is 0. The van der Waals surface area contributed by atoms with Crippen LogP contribution >= 0.6 is 0 Å². The smallest absolute Gasteiger partial charge is 0.408 e. The topological polar surface area (TPSA) is 125 Å². The monoisotopic (exact) mass is 456 g/mol. The number of nitrogens with zero attached hydrogens (tertiary/aromatic N) is 2. The minimum Gasteiger partial charge on any atom is -0.489 e. The fourth-order valence-corrected chi connectivity index (χ4v) is 2.71. The molecule has 0 saturated carbocycles. The Morgan fingerprint density at radius 2 is 1.76 bits per heavy atom. The van der Waals surface area contributed by atoms with Gasteiger partial charge in [0.1, 0.15) is 18.7 Å². The van der Waals surface area contributed by atoms with Gasteiger partial charge in [0, 0.05) is 1.43 Å². The van der Waals surface area contributed by atoms with Gasteiger partial charge in [-0.05, 0) is 44.0 Å². The Morgan fingerprint density at radius 3 is 2.39 bits per heavy atom. The number of carbonyl (C=O) groups excluding carboxylic acids is 2. The van der Waals surface area contributed by atoms with Crippen molar-refractivity contribution in [3.63, 3.8) is 0 Å². The van der Waals surface area contributed by atoms with Gasteiger partial charge < -0.3 is 25.3 Å². The van der Waals surface area contributed by atoms with E-state index in [0.717, 1.165) is 17.5 Å². The Labute approximate surface area is 195 Å². The van der Waals surface area contributed by atoms with Crippen molar-refractivity contribution in [1.29, 1.82) is 0 Å². The first-order valence-electron chi connectivity index (χ1n) is 10.5. The molecule has 0 radical (unpaired) electrons. The zero-order chi connectivity index (χ0) is 24.1. The normalized spacial score (nSPS) is 13.1. The van der Waals surface area contributed by atoms with Gasteiger partial charge in [-0.15, -0.1) is 0 Å². The molecule has 33 heavy (non-hydrogen) atoms. The van der Waals surface area contributed by atoms with Gasteiger partial charge in [0.15, 0.2) is 0 Å². The Hall–Kier alpha value is -3.88. The summed E-state index contributed by atoms with van der Waals surface area (Å²) in [6.45, 7) is 5.53. The first-order valence-corrected chi connectivity index (χ1v) is 10.5. The first kappa shape index (κ1) is 25.4. The van der Waals surface area contributed by atoms with Crippen LogP contribution in [0.15, 0.2) is 64.6 Å². The van der Waals surface area contributed by atoms with E-state index in [9.17, 15) is 9.59 Å². The van der Waals surface area contributed by atoms with Crippen molar-refractivity contribution in [3.05, 3.63) is 65.7 Å². The third kappa shape index (κ3) is 9.42. The third-order valence-electron chi connectivity index (χ3n) is 4.33. The van der Waals surface area contributed by atoms with Crippen LogP contribution in [0.25, 0.3) is 0 Å². The van der Waals surface area contributed by atoms with Crippen molar-refractivity contribution >= 4 is 24.7 Å². The van der Waals surface area contributed by atoms with Gasteiger partial charge in [0.05, 0.1) is 25.0 Å². The third-order valence-corrected chi connectivity index (χ3v) is 4.33. The van der Waals surface area contributed by atoms with Crippen LogP contribution in [-0.4, -0.2) is 43.5 Å². The number of nitrogens with two attached hydrogens (primary N) is 1. The summed E-state index contributed by atoms with van der Waals surface area (Å²) in [6, 6.07) is 16.9. The number of rotatable bonds is 11. The van der Waals surface area contributed by atoms with E-state index in [1.807, 2.05) is 54.6 Å². The van der Waals surface area contributed by atoms with Crippen molar-refractivity contribution in [2.45, 2.75) is 45.6 Å². The average Bonchev–Trinajstić information content (AvgIpc) is 2.80. The molecule has 9 nitrogen and oxygen atoms in total. The summed E-state index contributed by atoms with van der Waals surface area (Å²) < 4.78 is 16.2. The predicted octanol–water partition coefficient (Wildman–Crippen LogP) is 3.63.